The Bertz CT molecular complexity index is 1030. The molecule has 3 N–H and O–H groups in total. The molecule has 4 aliphatic rings. The molecule has 3 saturated carbocycles. The van der Waals surface area contributed by atoms with E-state index < -0.39 is 41.0 Å². The van der Waals surface area contributed by atoms with Crippen LogP contribution in [-0.4, -0.2) is 45.5 Å². The molecule has 0 radical (unpaired) electrons. The van der Waals surface area contributed by atoms with Gasteiger partial charge < -0.3 is 15.3 Å². The maximum absolute atomic E-state index is 13.1. The molecule has 38 heavy (non-hydrogen) atoms. The molecule has 3 fully saturated rings. The zero-order valence-electron chi connectivity index (χ0n) is 22.1. The highest BCUT2D eigenvalue weighted by Crippen LogP contribution is 2.67. The third kappa shape index (κ3) is 4.92. The number of fused-ring (bicyclic) bond motifs is 1. The number of halogens is 6. The molecule has 4 rings (SSSR count). The van der Waals surface area contributed by atoms with Gasteiger partial charge in [-0.2, -0.15) is 26.3 Å². The Morgan fingerprint density at radius 1 is 0.974 bits per heavy atom. The van der Waals surface area contributed by atoms with E-state index in [1.165, 1.54) is 5.57 Å². The summed E-state index contributed by atoms with van der Waals surface area (Å²) in [6, 6.07) is 0. The van der Waals surface area contributed by atoms with E-state index in [1.54, 1.807) is 0 Å². The summed E-state index contributed by atoms with van der Waals surface area (Å²) in [6.07, 6.45) is -0.260. The molecule has 214 valence electrons. The van der Waals surface area contributed by atoms with E-state index >= 15 is 0 Å². The van der Waals surface area contributed by atoms with Crippen molar-refractivity contribution in [1.29, 1.82) is 0 Å². The average molecular weight is 549 g/mol. The molecule has 0 amide bonds. The molecule has 0 heterocycles. The molecule has 0 aromatic heterocycles. The molecule has 0 aromatic rings. The Hall–Kier alpha value is -1.58. The van der Waals surface area contributed by atoms with Crippen LogP contribution in [0.4, 0.5) is 26.3 Å². The van der Waals surface area contributed by atoms with Crippen LogP contribution in [0.2, 0.25) is 0 Å². The minimum absolute atomic E-state index is 0.0165. The van der Waals surface area contributed by atoms with Gasteiger partial charge in [0, 0.05) is 11.8 Å². The van der Waals surface area contributed by atoms with E-state index in [-0.39, 0.29) is 23.8 Å². The summed E-state index contributed by atoms with van der Waals surface area (Å²) in [5, 5.41) is 30.1. The number of aliphatic hydroxyl groups excluding tert-OH is 2. The van der Waals surface area contributed by atoms with Gasteiger partial charge in [0.2, 0.25) is 0 Å². The van der Waals surface area contributed by atoms with Crippen molar-refractivity contribution in [3.05, 3.63) is 47.1 Å². The van der Waals surface area contributed by atoms with Gasteiger partial charge in [-0.1, -0.05) is 61.8 Å². The van der Waals surface area contributed by atoms with Crippen molar-refractivity contribution in [3.63, 3.8) is 0 Å². The molecule has 4 aliphatic carbocycles. The summed E-state index contributed by atoms with van der Waals surface area (Å²) in [5.41, 5.74) is -2.68. The lowest BCUT2D eigenvalue weighted by atomic mass is 9.61. The highest BCUT2D eigenvalue weighted by atomic mass is 19.4. The Morgan fingerprint density at radius 3 is 2.18 bits per heavy atom. The zero-order valence-corrected chi connectivity index (χ0v) is 22.1. The number of rotatable bonds is 5. The van der Waals surface area contributed by atoms with Crippen LogP contribution in [0.1, 0.15) is 78.6 Å². The second kappa shape index (κ2) is 9.51. The predicted octanol–water partition coefficient (Wildman–Crippen LogP) is 7.10. The van der Waals surface area contributed by atoms with Gasteiger partial charge in [-0.05, 0) is 74.2 Å². The van der Waals surface area contributed by atoms with Crippen LogP contribution in [0.5, 0.6) is 0 Å². The summed E-state index contributed by atoms with van der Waals surface area (Å²) in [6.45, 7) is 6.09. The maximum atomic E-state index is 13.1. The number of alkyl halides is 6. The van der Waals surface area contributed by atoms with E-state index in [0.29, 0.717) is 25.7 Å². The van der Waals surface area contributed by atoms with Gasteiger partial charge in [-0.15, -0.1) is 0 Å². The first-order chi connectivity index (χ1) is 17.4. The zero-order chi connectivity index (χ0) is 28.4. The predicted molar refractivity (Wildman–Crippen MR) is 132 cm³/mol. The fraction of sp³-hybridized carbons (Fsp3) is 0.724. The van der Waals surface area contributed by atoms with Crippen LogP contribution in [0.15, 0.2) is 47.1 Å². The fourth-order valence-corrected chi connectivity index (χ4v) is 7.04. The smallest absolute Gasteiger partial charge is 0.393 e. The first-order valence-electron chi connectivity index (χ1n) is 13.4. The molecule has 0 spiro atoms. The lowest BCUT2D eigenvalue weighted by Gasteiger charge is -2.43. The highest BCUT2D eigenvalue weighted by molar-refractivity contribution is 5.40. The summed E-state index contributed by atoms with van der Waals surface area (Å²) >= 11 is 0. The second-order valence-electron chi connectivity index (χ2n) is 12.6. The van der Waals surface area contributed by atoms with Crippen LogP contribution < -0.4 is 0 Å². The first kappa shape index (κ1) is 29.4. The molecule has 0 aromatic carbocycles. The van der Waals surface area contributed by atoms with E-state index in [0.717, 1.165) is 42.9 Å². The Labute approximate surface area is 220 Å². The van der Waals surface area contributed by atoms with Crippen molar-refractivity contribution < 1.29 is 41.7 Å². The fourth-order valence-electron chi connectivity index (χ4n) is 7.04. The van der Waals surface area contributed by atoms with E-state index in [1.807, 2.05) is 19.9 Å². The molecule has 1 unspecified atom stereocenters. The summed E-state index contributed by atoms with van der Waals surface area (Å²) in [4.78, 5) is 0. The van der Waals surface area contributed by atoms with Gasteiger partial charge in [0.1, 0.15) is 0 Å². The Kier molecular flexibility index (Phi) is 7.36. The second-order valence-corrected chi connectivity index (χ2v) is 12.6. The SMILES string of the molecule is CC12CCC/C(=C\C=C3\C[C@@H](O)C[C@H](O)C3(C)C)[C@@H]1CC=C2C1(C/C=C\C(O)(C(F)(F)F)C(F)(F)F)CC1. The Morgan fingerprint density at radius 2 is 1.61 bits per heavy atom. The van der Waals surface area contributed by atoms with Crippen molar-refractivity contribution >= 4 is 0 Å². The first-order valence-corrected chi connectivity index (χ1v) is 13.4. The van der Waals surface area contributed by atoms with Gasteiger partial charge in [0.15, 0.2) is 0 Å². The standard InChI is InChI=1S/C29H38F6O3/c1-24(2)19(16-20(36)17-23(24)37)8-7-18-6-4-11-25(3)21(18)9-10-22(25)26(14-15-26)12-5-13-27(38,28(30,31)32)29(33,34)35/h5,7-8,10,13,20-21,23,36-38H,4,6,9,11-12,14-17H2,1-3H3/b13-5-,18-7+,19-8-/t20-,21+,23+,25?/m1/s1. The van der Waals surface area contributed by atoms with Crippen LogP contribution in [0.25, 0.3) is 0 Å². The van der Waals surface area contributed by atoms with Crippen molar-refractivity contribution in [1.82, 2.24) is 0 Å². The summed E-state index contributed by atoms with van der Waals surface area (Å²) in [5.74, 6) is 0.188. The molecule has 0 aliphatic heterocycles. The summed E-state index contributed by atoms with van der Waals surface area (Å²) < 4.78 is 78.5. The average Bonchev–Trinajstić information content (AvgIpc) is 3.46. The minimum atomic E-state index is -5.86. The van der Waals surface area contributed by atoms with Crippen LogP contribution in [-0.2, 0) is 0 Å². The number of aliphatic hydroxyl groups is 3. The number of hydrogen-bond acceptors (Lipinski definition) is 3. The molecule has 3 nitrogen and oxygen atoms in total. The van der Waals surface area contributed by atoms with Crippen molar-refractivity contribution in [2.24, 2.45) is 22.2 Å². The largest absolute Gasteiger partial charge is 0.429 e. The molecule has 0 saturated heterocycles. The lowest BCUT2D eigenvalue weighted by Crippen LogP contribution is -2.55. The van der Waals surface area contributed by atoms with Gasteiger partial charge in [-0.3, -0.25) is 0 Å². The number of hydrogen-bond donors (Lipinski definition) is 3. The minimum Gasteiger partial charge on any atom is -0.393 e. The van der Waals surface area contributed by atoms with Gasteiger partial charge >= 0.3 is 12.4 Å². The highest BCUT2D eigenvalue weighted by Gasteiger charge is 2.69. The molecular weight excluding hydrogens is 510 g/mol. The van der Waals surface area contributed by atoms with E-state index in [9.17, 15) is 41.7 Å². The molecular formula is C29H38F6O3. The van der Waals surface area contributed by atoms with E-state index in [4.69, 9.17) is 0 Å². The Balaban J connectivity index is 1.54. The number of allylic oxidation sites excluding steroid dienone is 6. The normalized spacial score (nSPS) is 35.6. The van der Waals surface area contributed by atoms with Gasteiger partial charge in [0.25, 0.3) is 5.60 Å². The van der Waals surface area contributed by atoms with Crippen molar-refractivity contribution in [3.8, 4) is 0 Å². The maximum Gasteiger partial charge on any atom is 0.429 e. The third-order valence-corrected chi connectivity index (χ3v) is 9.82. The van der Waals surface area contributed by atoms with Crippen LogP contribution >= 0.6 is 0 Å². The topological polar surface area (TPSA) is 60.7 Å². The molecule has 0 bridgehead atoms. The van der Waals surface area contributed by atoms with Gasteiger partial charge in [0.05, 0.1) is 12.2 Å². The van der Waals surface area contributed by atoms with Crippen LogP contribution in [0, 0.1) is 22.2 Å². The summed E-state index contributed by atoms with van der Waals surface area (Å²) in [7, 11) is 0. The van der Waals surface area contributed by atoms with E-state index in [2.05, 4.69) is 19.1 Å². The van der Waals surface area contributed by atoms with Crippen LogP contribution in [0.3, 0.4) is 0 Å². The van der Waals surface area contributed by atoms with Gasteiger partial charge in [-0.25, -0.2) is 0 Å². The third-order valence-electron chi connectivity index (χ3n) is 9.82. The van der Waals surface area contributed by atoms with Crippen molar-refractivity contribution in [2.75, 3.05) is 0 Å². The molecule has 4 atom stereocenters. The lowest BCUT2D eigenvalue weighted by molar-refractivity contribution is -0.347. The monoisotopic (exact) mass is 548 g/mol. The van der Waals surface area contributed by atoms with Crippen molar-refractivity contribution in [2.45, 2.75) is 109 Å². The molecule has 9 heteroatoms. The quantitative estimate of drug-likeness (QED) is 0.254.